The maximum absolute atomic E-state index is 13.5. The second kappa shape index (κ2) is 22.4. The highest BCUT2D eigenvalue weighted by Gasteiger charge is 2.32. The van der Waals surface area contributed by atoms with Crippen LogP contribution in [0.15, 0.2) is 156 Å². The van der Waals surface area contributed by atoms with Crippen LogP contribution < -0.4 is 50.5 Å². The van der Waals surface area contributed by atoms with Gasteiger partial charge in [0.25, 0.3) is 11.1 Å². The lowest BCUT2D eigenvalue weighted by Crippen LogP contribution is -2.33. The Morgan fingerprint density at radius 3 is 1.49 bits per heavy atom. The van der Waals surface area contributed by atoms with Crippen LogP contribution in [0, 0.1) is 0 Å². The van der Waals surface area contributed by atoms with E-state index in [1.165, 1.54) is 30.6 Å². The number of benzene rings is 2. The third kappa shape index (κ3) is 10.2. The molecule has 2 aromatic carbocycles. The molecule has 0 saturated carbocycles. The van der Waals surface area contributed by atoms with Crippen molar-refractivity contribution in [2.75, 3.05) is 67.6 Å². The molecule has 24 heteroatoms. The minimum absolute atomic E-state index is 0.121. The van der Waals surface area contributed by atoms with Crippen LogP contribution >= 0.6 is 0 Å². The summed E-state index contributed by atoms with van der Waals surface area (Å²) in [6.45, 7) is 4.82. The van der Waals surface area contributed by atoms with Crippen molar-refractivity contribution in [3.63, 3.8) is 0 Å². The Morgan fingerprint density at radius 1 is 0.600 bits per heavy atom. The van der Waals surface area contributed by atoms with E-state index < -0.39 is 11.9 Å². The molecule has 10 heterocycles. The zero-order valence-corrected chi connectivity index (χ0v) is 43.3. The third-order valence-corrected chi connectivity index (χ3v) is 13.0. The number of carbonyl (C=O) groups excluding carboxylic acids is 1. The number of methoxy groups -OCH3 is 2. The van der Waals surface area contributed by atoms with Crippen molar-refractivity contribution in [2.45, 2.75) is 20.0 Å². The number of nitrogens with zero attached hydrogens (tertiary/aromatic N) is 12. The highest BCUT2D eigenvalue weighted by Crippen LogP contribution is 2.43. The van der Waals surface area contributed by atoms with Crippen molar-refractivity contribution in [1.82, 2.24) is 48.3 Å². The Hall–Kier alpha value is -10.8. The average molecular weight is 1080 g/mol. The molecule has 0 aliphatic carbocycles. The molecule has 0 spiro atoms. The Bertz CT molecular complexity index is 4020. The van der Waals surface area contributed by atoms with E-state index in [2.05, 4.69) is 50.6 Å². The minimum Gasteiger partial charge on any atom is -0.497 e. The summed E-state index contributed by atoms with van der Waals surface area (Å²) < 4.78 is 33.5. The van der Waals surface area contributed by atoms with Crippen molar-refractivity contribution in [1.29, 1.82) is 0 Å². The quantitative estimate of drug-likeness (QED) is 0.0899. The molecule has 2 aliphatic heterocycles. The normalized spacial score (nSPS) is 12.5. The summed E-state index contributed by atoms with van der Waals surface area (Å²) in [5.41, 5.74) is 3.84. The topological polar surface area (TPSA) is 261 Å². The first-order chi connectivity index (χ1) is 39.1. The van der Waals surface area contributed by atoms with Crippen LogP contribution in [-0.4, -0.2) is 112 Å². The van der Waals surface area contributed by atoms with Gasteiger partial charge in [-0.05, 0) is 90.8 Å². The summed E-state index contributed by atoms with van der Waals surface area (Å²) in [7, 11) is 3.24. The van der Waals surface area contributed by atoms with E-state index in [0.717, 1.165) is 22.6 Å². The molecule has 80 heavy (non-hydrogen) atoms. The van der Waals surface area contributed by atoms with Crippen molar-refractivity contribution in [3.05, 3.63) is 190 Å². The number of fused-ring (bicyclic) bond motifs is 6. The number of esters is 1. The number of carboxylic acid groups (broad SMARTS) is 1. The molecule has 0 amide bonds. The molecule has 0 saturated heterocycles. The molecule has 0 atom stereocenters. The van der Waals surface area contributed by atoms with Gasteiger partial charge in [-0.15, -0.1) is 10.2 Å². The number of hydrogen-bond donors (Lipinski definition) is 3. The average Bonchev–Trinajstić information content (AvgIpc) is 4.15. The lowest BCUT2D eigenvalue weighted by molar-refractivity contribution is 0.0516. The predicted octanol–water partition coefficient (Wildman–Crippen LogP) is 6.73. The molecule has 0 bridgehead atoms. The van der Waals surface area contributed by atoms with Gasteiger partial charge >= 0.3 is 11.9 Å². The summed E-state index contributed by atoms with van der Waals surface area (Å²) in [6.07, 6.45) is 9.17. The second-order valence-electron chi connectivity index (χ2n) is 17.9. The molecule has 0 unspecified atom stereocenters. The first-order valence-electron chi connectivity index (χ1n) is 25.2. The van der Waals surface area contributed by atoms with E-state index in [-0.39, 0.29) is 52.1 Å². The molecule has 12 rings (SSSR count). The standard InChI is InChI=1S/C29H27N7O5.C27H23N7O5/c1-3-40-29(38)22-17-31-27-24-25(41-16-15-34(24)18-19-9-11-20(39-2)12-10-19)26(33-36(22)27)32-21-7-6-14-35(28(21)37)23-8-4-5-13-30-23;1-38-18-9-7-17(8-10-18)16-32-13-14-39-23-22(32)25-29-15-20(27(36)37)34(25)31-24(23)30-19-5-4-12-33(26(19)35)21-6-2-3-11-28-21/h4-14,17H,3,15-16,18H2,1-2H3,(H,32,33);2-12,15H,13-14,16H2,1H3,(H,30,31)(H,36,37). The number of carboxylic acids is 1. The van der Waals surface area contributed by atoms with Crippen molar-refractivity contribution in [3.8, 4) is 34.6 Å². The number of rotatable bonds is 15. The maximum Gasteiger partial charge on any atom is 0.358 e. The van der Waals surface area contributed by atoms with Crippen LogP contribution in [0.1, 0.15) is 39.0 Å². The van der Waals surface area contributed by atoms with E-state index in [9.17, 15) is 24.3 Å². The van der Waals surface area contributed by atoms with Gasteiger partial charge in [-0.25, -0.2) is 38.6 Å². The van der Waals surface area contributed by atoms with Crippen LogP contribution in [0.4, 0.5) is 34.4 Å². The number of nitrogens with one attached hydrogen (secondary N) is 2. The van der Waals surface area contributed by atoms with Crippen molar-refractivity contribution in [2.24, 2.45) is 0 Å². The number of hydrogen-bond acceptors (Lipinski definition) is 19. The number of aromatic nitrogens is 10. The Morgan fingerprint density at radius 2 is 1.06 bits per heavy atom. The van der Waals surface area contributed by atoms with Gasteiger partial charge in [-0.2, -0.15) is 0 Å². The molecular formula is C56H50N14O10. The zero-order chi connectivity index (χ0) is 55.3. The Kier molecular flexibility index (Phi) is 14.4. The fraction of sp³-hybridized carbons (Fsp3) is 0.179. The molecule has 24 nitrogen and oxygen atoms in total. The lowest BCUT2D eigenvalue weighted by Gasteiger charge is -2.32. The zero-order valence-electron chi connectivity index (χ0n) is 43.3. The largest absolute Gasteiger partial charge is 0.497 e. The lowest BCUT2D eigenvalue weighted by atomic mass is 10.1. The van der Waals surface area contributed by atoms with Gasteiger partial charge in [-0.3, -0.25) is 18.7 Å². The maximum atomic E-state index is 13.5. The highest BCUT2D eigenvalue weighted by atomic mass is 16.5. The van der Waals surface area contributed by atoms with Crippen molar-refractivity contribution >= 4 is 57.6 Å². The van der Waals surface area contributed by atoms with Crippen LogP contribution in [0.3, 0.4) is 0 Å². The first-order valence-corrected chi connectivity index (χ1v) is 25.2. The van der Waals surface area contributed by atoms with E-state index in [0.29, 0.717) is 85.2 Å². The SMILES string of the molecule is CCOC(=O)c1cnc2c3c(c(Nc4cccn(-c5ccccn5)c4=O)nn12)OCCN3Cc1ccc(OC)cc1.COc1ccc(CN2CCOc3c(Nc4cccn(-c5ccccn5)c4=O)nn4c(C(=O)O)cnc4c32)cc1. The van der Waals surface area contributed by atoms with E-state index >= 15 is 0 Å². The number of carbonyl (C=O) groups is 2. The van der Waals surface area contributed by atoms with Gasteiger partial charge in [0.15, 0.2) is 45.8 Å². The van der Waals surface area contributed by atoms with Gasteiger partial charge in [0, 0.05) is 37.9 Å². The summed E-state index contributed by atoms with van der Waals surface area (Å²) in [5, 5.41) is 25.2. The smallest absolute Gasteiger partial charge is 0.358 e. The minimum atomic E-state index is -1.18. The summed E-state index contributed by atoms with van der Waals surface area (Å²) in [5.74, 6) is 1.95. The number of ether oxygens (including phenoxy) is 5. The molecule has 0 radical (unpaired) electrons. The van der Waals surface area contributed by atoms with Gasteiger partial charge in [0.05, 0.1) is 46.3 Å². The van der Waals surface area contributed by atoms with E-state index in [1.807, 2.05) is 54.6 Å². The second-order valence-corrected chi connectivity index (χ2v) is 17.9. The van der Waals surface area contributed by atoms with Crippen molar-refractivity contribution < 1.29 is 38.4 Å². The summed E-state index contributed by atoms with van der Waals surface area (Å²) in [6, 6.07) is 32.8. The monoisotopic (exact) mass is 1080 g/mol. The number of aromatic carboxylic acids is 1. The van der Waals surface area contributed by atoms with Crippen LogP contribution in [0.25, 0.3) is 22.9 Å². The van der Waals surface area contributed by atoms with Crippen LogP contribution in [0.2, 0.25) is 0 Å². The van der Waals surface area contributed by atoms with Crippen LogP contribution in [0.5, 0.6) is 23.0 Å². The molecule has 2 aliphatic rings. The number of pyridine rings is 4. The van der Waals surface area contributed by atoms with E-state index in [1.54, 1.807) is 101 Å². The summed E-state index contributed by atoms with van der Waals surface area (Å²) >= 11 is 0. The Balaban J connectivity index is 0.000000169. The van der Waals surface area contributed by atoms with Gasteiger partial charge < -0.3 is 49.2 Å². The predicted molar refractivity (Wildman–Crippen MR) is 294 cm³/mol. The number of anilines is 6. The fourth-order valence-electron chi connectivity index (χ4n) is 9.18. The molecule has 0 fully saturated rings. The molecule has 404 valence electrons. The molecular weight excluding hydrogens is 1030 g/mol. The third-order valence-electron chi connectivity index (χ3n) is 13.0. The van der Waals surface area contributed by atoms with Crippen LogP contribution in [-0.2, 0) is 17.8 Å². The first kappa shape index (κ1) is 51.3. The van der Waals surface area contributed by atoms with Gasteiger partial charge in [-0.1, -0.05) is 36.4 Å². The Labute approximate surface area is 454 Å². The van der Waals surface area contributed by atoms with Gasteiger partial charge in [0.2, 0.25) is 0 Å². The molecule has 8 aromatic heterocycles. The number of imidazole rings is 2. The molecule has 3 N–H and O–H groups in total. The van der Waals surface area contributed by atoms with E-state index in [4.69, 9.17) is 23.7 Å². The fourth-order valence-corrected chi connectivity index (χ4v) is 9.18. The highest BCUT2D eigenvalue weighted by molar-refractivity contribution is 5.92. The van der Waals surface area contributed by atoms with Gasteiger partial charge in [0.1, 0.15) is 59.1 Å². The summed E-state index contributed by atoms with van der Waals surface area (Å²) in [4.78, 5) is 73.2. The molecule has 10 aromatic rings.